The van der Waals surface area contributed by atoms with Crippen molar-refractivity contribution < 1.29 is 13.2 Å². The van der Waals surface area contributed by atoms with E-state index >= 15 is 0 Å². The second-order valence-corrected chi connectivity index (χ2v) is 6.03. The molecule has 0 saturated heterocycles. The molecule has 0 aliphatic rings. The van der Waals surface area contributed by atoms with Gasteiger partial charge in [-0.05, 0) is 50.6 Å². The van der Waals surface area contributed by atoms with E-state index in [2.05, 4.69) is 0 Å². The molecule has 1 heterocycles. The highest BCUT2D eigenvalue weighted by atomic mass is 19.2. The molecular formula is C19H17F2NO2. The standard InChI is InChI=1S/C19H17F2NO2/c1-9-6-13(11(3)22)19-14(7-9)17(23)10(2)18(24-19)12-4-5-15(20)16(21)8-12/h4-8,11H,22H2,1-3H3/t11-/m1/s1. The molecular weight excluding hydrogens is 312 g/mol. The second-order valence-electron chi connectivity index (χ2n) is 6.03. The fourth-order valence-electron chi connectivity index (χ4n) is 2.82. The third kappa shape index (κ3) is 2.61. The average Bonchev–Trinajstić information content (AvgIpc) is 2.53. The van der Waals surface area contributed by atoms with E-state index in [0.29, 0.717) is 27.7 Å². The number of hydrogen-bond donors (Lipinski definition) is 1. The van der Waals surface area contributed by atoms with Crippen LogP contribution in [0.3, 0.4) is 0 Å². The maximum Gasteiger partial charge on any atom is 0.196 e. The summed E-state index contributed by atoms with van der Waals surface area (Å²) in [5, 5.41) is 0.436. The Kier molecular flexibility index (Phi) is 3.97. The lowest BCUT2D eigenvalue weighted by atomic mass is 9.99. The topological polar surface area (TPSA) is 56.2 Å². The molecule has 3 rings (SSSR count). The van der Waals surface area contributed by atoms with Crippen molar-refractivity contribution in [2.75, 3.05) is 0 Å². The molecule has 3 nitrogen and oxygen atoms in total. The zero-order valence-corrected chi connectivity index (χ0v) is 13.6. The van der Waals surface area contributed by atoms with Gasteiger partial charge in [0.05, 0.1) is 5.39 Å². The number of benzene rings is 2. The third-order valence-electron chi connectivity index (χ3n) is 4.06. The van der Waals surface area contributed by atoms with Gasteiger partial charge in [-0.25, -0.2) is 8.78 Å². The highest BCUT2D eigenvalue weighted by molar-refractivity contribution is 5.84. The Morgan fingerprint density at radius 2 is 1.79 bits per heavy atom. The fraction of sp³-hybridized carbons (Fsp3) is 0.211. The van der Waals surface area contributed by atoms with Gasteiger partial charge in [0.25, 0.3) is 0 Å². The van der Waals surface area contributed by atoms with Gasteiger partial charge in [0.15, 0.2) is 17.1 Å². The van der Waals surface area contributed by atoms with Crippen molar-refractivity contribution in [1.82, 2.24) is 0 Å². The van der Waals surface area contributed by atoms with Gasteiger partial charge >= 0.3 is 0 Å². The highest BCUT2D eigenvalue weighted by Crippen LogP contribution is 2.30. The van der Waals surface area contributed by atoms with Gasteiger partial charge in [-0.3, -0.25) is 4.79 Å². The summed E-state index contributed by atoms with van der Waals surface area (Å²) in [6.07, 6.45) is 0. The van der Waals surface area contributed by atoms with Gasteiger partial charge in [-0.15, -0.1) is 0 Å². The molecule has 1 aromatic heterocycles. The van der Waals surface area contributed by atoms with Crippen LogP contribution in [0.25, 0.3) is 22.3 Å². The van der Waals surface area contributed by atoms with Crippen LogP contribution in [0.1, 0.15) is 29.7 Å². The molecule has 24 heavy (non-hydrogen) atoms. The summed E-state index contributed by atoms with van der Waals surface area (Å²) in [4.78, 5) is 12.7. The van der Waals surface area contributed by atoms with Gasteiger partial charge in [0.2, 0.25) is 0 Å². The van der Waals surface area contributed by atoms with Crippen molar-refractivity contribution in [1.29, 1.82) is 0 Å². The van der Waals surface area contributed by atoms with Crippen LogP contribution in [0, 0.1) is 25.5 Å². The quantitative estimate of drug-likeness (QED) is 0.759. The summed E-state index contributed by atoms with van der Waals surface area (Å²) in [5.41, 5.74) is 8.43. The lowest BCUT2D eigenvalue weighted by Gasteiger charge is -2.13. The van der Waals surface area contributed by atoms with Gasteiger partial charge in [0, 0.05) is 22.7 Å². The van der Waals surface area contributed by atoms with Crippen LogP contribution in [0.4, 0.5) is 8.78 Å². The SMILES string of the molecule is Cc1cc([C@@H](C)N)c2oc(-c3ccc(F)c(F)c3)c(C)c(=O)c2c1. The number of hydrogen-bond acceptors (Lipinski definition) is 3. The van der Waals surface area contributed by atoms with Gasteiger partial charge < -0.3 is 10.2 Å². The molecule has 5 heteroatoms. The third-order valence-corrected chi connectivity index (χ3v) is 4.06. The Balaban J connectivity index is 2.40. The normalized spacial score (nSPS) is 12.6. The molecule has 2 aromatic carbocycles. The predicted octanol–water partition coefficient (Wildman–Crippen LogP) is 4.37. The van der Waals surface area contributed by atoms with Crippen LogP contribution in [-0.2, 0) is 0 Å². The first-order chi connectivity index (χ1) is 11.3. The van der Waals surface area contributed by atoms with Crippen LogP contribution in [0.15, 0.2) is 39.5 Å². The van der Waals surface area contributed by atoms with Gasteiger partial charge in [-0.2, -0.15) is 0 Å². The summed E-state index contributed by atoms with van der Waals surface area (Å²) < 4.78 is 32.7. The minimum atomic E-state index is -0.994. The molecule has 1 atom stereocenters. The molecule has 0 radical (unpaired) electrons. The zero-order chi connectivity index (χ0) is 17.6. The first-order valence-corrected chi connectivity index (χ1v) is 7.58. The lowest BCUT2D eigenvalue weighted by molar-refractivity contribution is 0.508. The highest BCUT2D eigenvalue weighted by Gasteiger charge is 2.18. The first-order valence-electron chi connectivity index (χ1n) is 7.58. The van der Waals surface area contributed by atoms with E-state index in [4.69, 9.17) is 10.2 Å². The molecule has 0 aliphatic heterocycles. The van der Waals surface area contributed by atoms with Crippen LogP contribution in [0.5, 0.6) is 0 Å². The molecule has 0 bridgehead atoms. The first kappa shape index (κ1) is 16.3. The Labute approximate surface area is 137 Å². The average molecular weight is 329 g/mol. The summed E-state index contributed by atoms with van der Waals surface area (Å²) in [6, 6.07) is 6.68. The van der Waals surface area contributed by atoms with Crippen LogP contribution in [-0.4, -0.2) is 0 Å². The van der Waals surface area contributed by atoms with Gasteiger partial charge in [-0.1, -0.05) is 6.07 Å². The number of nitrogens with two attached hydrogens (primary N) is 1. The van der Waals surface area contributed by atoms with Crippen molar-refractivity contribution >= 4 is 11.0 Å². The molecule has 0 fully saturated rings. The Bertz CT molecular complexity index is 1010. The minimum Gasteiger partial charge on any atom is -0.455 e. The summed E-state index contributed by atoms with van der Waals surface area (Å²) in [7, 11) is 0. The van der Waals surface area contributed by atoms with E-state index in [1.54, 1.807) is 19.9 Å². The molecule has 124 valence electrons. The monoisotopic (exact) mass is 329 g/mol. The maximum absolute atomic E-state index is 13.6. The number of fused-ring (bicyclic) bond motifs is 1. The van der Waals surface area contributed by atoms with Crippen molar-refractivity contribution in [3.63, 3.8) is 0 Å². The molecule has 0 aliphatic carbocycles. The Hall–Kier alpha value is -2.53. The largest absolute Gasteiger partial charge is 0.455 e. The maximum atomic E-state index is 13.6. The van der Waals surface area contributed by atoms with E-state index in [0.717, 1.165) is 17.7 Å². The minimum absolute atomic E-state index is 0.207. The Morgan fingerprint density at radius 1 is 1.08 bits per heavy atom. The Morgan fingerprint density at radius 3 is 2.42 bits per heavy atom. The second kappa shape index (κ2) is 5.83. The molecule has 0 saturated carbocycles. The zero-order valence-electron chi connectivity index (χ0n) is 13.6. The van der Waals surface area contributed by atoms with E-state index in [1.807, 2.05) is 13.0 Å². The molecule has 0 amide bonds. The van der Waals surface area contributed by atoms with Gasteiger partial charge in [0.1, 0.15) is 11.3 Å². The number of halogens is 2. The van der Waals surface area contributed by atoms with Crippen molar-refractivity contribution in [3.8, 4) is 11.3 Å². The molecule has 2 N–H and O–H groups in total. The lowest BCUT2D eigenvalue weighted by Crippen LogP contribution is -2.12. The van der Waals surface area contributed by atoms with E-state index in [-0.39, 0.29) is 17.2 Å². The number of aryl methyl sites for hydroxylation is 1. The summed E-state index contributed by atoms with van der Waals surface area (Å²) >= 11 is 0. The van der Waals surface area contributed by atoms with E-state index < -0.39 is 11.6 Å². The fourth-order valence-corrected chi connectivity index (χ4v) is 2.82. The van der Waals surface area contributed by atoms with Crippen molar-refractivity contribution in [2.45, 2.75) is 26.8 Å². The van der Waals surface area contributed by atoms with Crippen molar-refractivity contribution in [3.05, 3.63) is 68.9 Å². The summed E-state index contributed by atoms with van der Waals surface area (Å²) in [6.45, 7) is 5.28. The van der Waals surface area contributed by atoms with Crippen LogP contribution in [0.2, 0.25) is 0 Å². The van der Waals surface area contributed by atoms with Crippen molar-refractivity contribution in [2.24, 2.45) is 5.73 Å². The summed E-state index contributed by atoms with van der Waals surface area (Å²) in [5.74, 6) is -1.73. The van der Waals surface area contributed by atoms with E-state index in [9.17, 15) is 13.6 Å². The number of rotatable bonds is 2. The molecule has 0 spiro atoms. The smallest absolute Gasteiger partial charge is 0.196 e. The molecule has 0 unspecified atom stereocenters. The molecule has 3 aromatic rings. The van der Waals surface area contributed by atoms with Crippen LogP contribution < -0.4 is 11.2 Å². The predicted molar refractivity (Wildman–Crippen MR) is 89.9 cm³/mol. The van der Waals surface area contributed by atoms with E-state index in [1.165, 1.54) is 6.07 Å². The van der Waals surface area contributed by atoms with Crippen LogP contribution >= 0.6 is 0 Å².